The van der Waals surface area contributed by atoms with Crippen molar-refractivity contribution < 1.29 is 17.9 Å². The molecule has 2 aromatic rings. The number of halogens is 3. The predicted molar refractivity (Wildman–Crippen MR) is 96.0 cm³/mol. The molecule has 0 unspecified atom stereocenters. The largest absolute Gasteiger partial charge is 0.497 e. The lowest BCUT2D eigenvalue weighted by atomic mass is 10.1. The topological polar surface area (TPSA) is 45.6 Å². The minimum Gasteiger partial charge on any atom is -0.497 e. The van der Waals surface area contributed by atoms with Crippen LogP contribution in [0.5, 0.6) is 5.75 Å². The van der Waals surface area contributed by atoms with Crippen LogP contribution in [-0.2, 0) is 6.18 Å². The fourth-order valence-electron chi connectivity index (χ4n) is 1.98. The van der Waals surface area contributed by atoms with Crippen LogP contribution >= 0.6 is 12.2 Å². The minimum absolute atomic E-state index is 0.208. The van der Waals surface area contributed by atoms with Gasteiger partial charge in [0, 0.05) is 11.8 Å². The Morgan fingerprint density at radius 1 is 1.12 bits per heavy atom. The van der Waals surface area contributed by atoms with Crippen LogP contribution in [0.4, 0.5) is 18.9 Å². The second-order valence-electron chi connectivity index (χ2n) is 5.07. The summed E-state index contributed by atoms with van der Waals surface area (Å²) in [6.45, 7) is 1.59. The van der Waals surface area contributed by atoms with E-state index in [9.17, 15) is 13.2 Å². The molecule has 4 nitrogen and oxygen atoms in total. The average Bonchev–Trinajstić information content (AvgIpc) is 2.59. The van der Waals surface area contributed by atoms with E-state index in [1.807, 2.05) is 0 Å². The number of hydrogen-bond donors (Lipinski definition) is 2. The molecule has 0 saturated heterocycles. The number of anilines is 1. The van der Waals surface area contributed by atoms with Crippen molar-refractivity contribution in [2.45, 2.75) is 13.1 Å². The molecule has 0 amide bonds. The van der Waals surface area contributed by atoms with Gasteiger partial charge in [-0.1, -0.05) is 18.2 Å². The Labute approximate surface area is 148 Å². The van der Waals surface area contributed by atoms with Crippen molar-refractivity contribution >= 4 is 28.7 Å². The minimum atomic E-state index is -4.40. The monoisotopic (exact) mass is 367 g/mol. The average molecular weight is 367 g/mol. The van der Waals surface area contributed by atoms with Crippen LogP contribution in [0.2, 0.25) is 0 Å². The molecular formula is C17H16F3N3OS. The van der Waals surface area contributed by atoms with Crippen LogP contribution in [0.1, 0.15) is 18.1 Å². The van der Waals surface area contributed by atoms with Gasteiger partial charge in [0.2, 0.25) is 0 Å². The Hall–Kier alpha value is -2.61. The molecule has 2 N–H and O–H groups in total. The number of hydrogen-bond acceptors (Lipinski definition) is 3. The molecule has 0 radical (unpaired) electrons. The summed E-state index contributed by atoms with van der Waals surface area (Å²) in [6.07, 6.45) is -4.40. The third-order valence-electron chi connectivity index (χ3n) is 3.26. The van der Waals surface area contributed by atoms with E-state index < -0.39 is 11.7 Å². The highest BCUT2D eigenvalue weighted by Gasteiger charge is 2.30. The van der Waals surface area contributed by atoms with E-state index in [2.05, 4.69) is 15.8 Å². The molecule has 0 heterocycles. The molecule has 0 fully saturated rings. The van der Waals surface area contributed by atoms with Crippen LogP contribution < -0.4 is 15.5 Å². The summed E-state index contributed by atoms with van der Waals surface area (Å²) < 4.78 is 43.4. The number of nitrogens with one attached hydrogen (secondary N) is 2. The summed E-state index contributed by atoms with van der Waals surface area (Å²) in [5, 5.41) is 7.14. The van der Waals surface area contributed by atoms with Gasteiger partial charge < -0.3 is 10.1 Å². The van der Waals surface area contributed by atoms with Crippen molar-refractivity contribution in [3.63, 3.8) is 0 Å². The zero-order valence-corrected chi connectivity index (χ0v) is 14.3. The van der Waals surface area contributed by atoms with Crippen LogP contribution in [0.15, 0.2) is 53.6 Å². The Balaban J connectivity index is 2.04. The SMILES string of the molecule is COc1cccc(NC(=S)N/N=C(\C)c2cccc(C(F)(F)F)c2)c1. The Kier molecular flexibility index (Phi) is 5.97. The summed E-state index contributed by atoms with van der Waals surface area (Å²) in [6, 6.07) is 12.1. The lowest BCUT2D eigenvalue weighted by Crippen LogP contribution is -2.25. The summed E-state index contributed by atoms with van der Waals surface area (Å²) >= 11 is 5.12. The second kappa shape index (κ2) is 7.98. The maximum absolute atomic E-state index is 12.8. The Morgan fingerprint density at radius 3 is 2.52 bits per heavy atom. The molecule has 0 spiro atoms. The van der Waals surface area contributed by atoms with Gasteiger partial charge in [0.15, 0.2) is 5.11 Å². The molecule has 0 saturated carbocycles. The highest BCUT2D eigenvalue weighted by Crippen LogP contribution is 2.29. The summed E-state index contributed by atoms with van der Waals surface area (Å²) in [7, 11) is 1.55. The van der Waals surface area contributed by atoms with Crippen LogP contribution in [-0.4, -0.2) is 17.9 Å². The van der Waals surface area contributed by atoms with Crippen LogP contribution in [0, 0.1) is 0 Å². The highest BCUT2D eigenvalue weighted by atomic mass is 32.1. The first kappa shape index (κ1) is 18.7. The van der Waals surface area contributed by atoms with Gasteiger partial charge in [-0.15, -0.1) is 0 Å². The molecule has 0 aliphatic heterocycles. The molecule has 0 atom stereocenters. The molecular weight excluding hydrogens is 351 g/mol. The molecule has 0 aliphatic rings. The van der Waals surface area contributed by atoms with Crippen molar-refractivity contribution in [3.05, 3.63) is 59.7 Å². The molecule has 0 aliphatic carbocycles. The molecule has 2 aromatic carbocycles. The van der Waals surface area contributed by atoms with Crippen molar-refractivity contribution in [3.8, 4) is 5.75 Å². The third-order valence-corrected chi connectivity index (χ3v) is 3.45. The van der Waals surface area contributed by atoms with Crippen LogP contribution in [0.3, 0.4) is 0 Å². The number of nitrogens with zero attached hydrogens (tertiary/aromatic N) is 1. The third kappa shape index (κ3) is 5.46. The van der Waals surface area contributed by atoms with Gasteiger partial charge in [-0.05, 0) is 49.0 Å². The first-order chi connectivity index (χ1) is 11.8. The van der Waals surface area contributed by atoms with Gasteiger partial charge in [0.25, 0.3) is 0 Å². The van der Waals surface area contributed by atoms with Gasteiger partial charge in [-0.3, -0.25) is 5.43 Å². The van der Waals surface area contributed by atoms with E-state index >= 15 is 0 Å². The van der Waals surface area contributed by atoms with Gasteiger partial charge in [0.05, 0.1) is 18.4 Å². The van der Waals surface area contributed by atoms with Gasteiger partial charge in [-0.25, -0.2) is 0 Å². The molecule has 25 heavy (non-hydrogen) atoms. The van der Waals surface area contributed by atoms with Gasteiger partial charge in [0.1, 0.15) is 5.75 Å². The quantitative estimate of drug-likeness (QED) is 0.477. The fraction of sp³-hybridized carbons (Fsp3) is 0.176. The van der Waals surface area contributed by atoms with E-state index in [-0.39, 0.29) is 5.11 Å². The van der Waals surface area contributed by atoms with E-state index in [0.29, 0.717) is 22.7 Å². The fourth-order valence-corrected chi connectivity index (χ4v) is 2.14. The summed E-state index contributed by atoms with van der Waals surface area (Å²) in [5.74, 6) is 0.663. The number of alkyl halides is 3. The molecule has 0 aromatic heterocycles. The van der Waals surface area contributed by atoms with E-state index in [1.54, 1.807) is 44.4 Å². The number of hydrazone groups is 1. The number of thiocarbonyl (C=S) groups is 1. The predicted octanol–water partition coefficient (Wildman–Crippen LogP) is 4.42. The van der Waals surface area contributed by atoms with E-state index in [1.165, 1.54) is 6.07 Å². The van der Waals surface area contributed by atoms with Gasteiger partial charge in [-0.2, -0.15) is 18.3 Å². The highest BCUT2D eigenvalue weighted by molar-refractivity contribution is 7.80. The maximum Gasteiger partial charge on any atom is 0.416 e. The van der Waals surface area contributed by atoms with E-state index in [4.69, 9.17) is 17.0 Å². The second-order valence-corrected chi connectivity index (χ2v) is 5.48. The number of methoxy groups -OCH3 is 1. The standard InChI is InChI=1S/C17H16F3N3OS/c1-11(12-5-3-6-13(9-12)17(18,19)20)22-23-16(25)21-14-7-4-8-15(10-14)24-2/h3-10H,1-2H3,(H2,21,23,25)/b22-11+. The van der Waals surface area contributed by atoms with Crippen molar-refractivity contribution in [2.24, 2.45) is 5.10 Å². The zero-order chi connectivity index (χ0) is 18.4. The van der Waals surface area contributed by atoms with Crippen LogP contribution in [0.25, 0.3) is 0 Å². The Bertz CT molecular complexity index is 791. The maximum atomic E-state index is 12.8. The zero-order valence-electron chi connectivity index (χ0n) is 13.5. The first-order valence-electron chi connectivity index (χ1n) is 7.22. The Morgan fingerprint density at radius 2 is 1.84 bits per heavy atom. The summed E-state index contributed by atoms with van der Waals surface area (Å²) in [5.41, 5.74) is 3.31. The molecule has 0 bridgehead atoms. The number of benzene rings is 2. The lowest BCUT2D eigenvalue weighted by Gasteiger charge is -2.10. The molecule has 2 rings (SSSR count). The van der Waals surface area contributed by atoms with Crippen molar-refractivity contribution in [1.82, 2.24) is 5.43 Å². The van der Waals surface area contributed by atoms with Crippen molar-refractivity contribution in [1.29, 1.82) is 0 Å². The summed E-state index contributed by atoms with van der Waals surface area (Å²) in [4.78, 5) is 0. The smallest absolute Gasteiger partial charge is 0.416 e. The van der Waals surface area contributed by atoms with Gasteiger partial charge >= 0.3 is 6.18 Å². The first-order valence-corrected chi connectivity index (χ1v) is 7.63. The number of ether oxygens (including phenoxy) is 1. The number of rotatable bonds is 4. The normalized spacial score (nSPS) is 11.8. The molecule has 8 heteroatoms. The van der Waals surface area contributed by atoms with E-state index in [0.717, 1.165) is 12.1 Å². The molecule has 132 valence electrons. The lowest BCUT2D eigenvalue weighted by molar-refractivity contribution is -0.137. The van der Waals surface area contributed by atoms with Crippen molar-refractivity contribution in [2.75, 3.05) is 12.4 Å².